The number of hydrogen-bond acceptors (Lipinski definition) is 0. The maximum Gasteiger partial charge on any atom is 2.00 e. The Kier molecular flexibility index (Phi) is 22.8. The molecule has 0 heterocycles. The first-order valence-corrected chi connectivity index (χ1v) is 1.65. The summed E-state index contributed by atoms with van der Waals surface area (Å²) < 4.78 is 0. The average molecular weight is 149 g/mol. The zero-order valence-electron chi connectivity index (χ0n) is 4.03. The molecule has 7 heavy (non-hydrogen) atoms. The second-order valence-corrected chi connectivity index (χ2v) is 1.05. The standard InChI is InChI=1S/C4H6.2ClH.Mg/c1-2-4-3-1;;;/h1-2H,3-4H2;2*1H;/q;;;+2/p-2. The molecule has 0 fully saturated rings. The quantitative estimate of drug-likeness (QED) is 0.239. The molecule has 0 atom stereocenters. The molecule has 0 spiro atoms. The van der Waals surface area contributed by atoms with Crippen LogP contribution in [0.4, 0.5) is 0 Å². The van der Waals surface area contributed by atoms with Crippen LogP contribution < -0.4 is 24.8 Å². The molecule has 0 aromatic rings. The fraction of sp³-hybridized carbons (Fsp3) is 0.500. The Bertz CT molecular complexity index is 39.0. The summed E-state index contributed by atoms with van der Waals surface area (Å²) in [7, 11) is 0. The molecule has 0 bridgehead atoms. The van der Waals surface area contributed by atoms with Crippen LogP contribution in [-0.4, -0.2) is 23.1 Å². The minimum absolute atomic E-state index is 0. The van der Waals surface area contributed by atoms with E-state index in [0.29, 0.717) is 0 Å². The van der Waals surface area contributed by atoms with Crippen LogP contribution in [0, 0.1) is 0 Å². The van der Waals surface area contributed by atoms with E-state index in [1.807, 2.05) is 0 Å². The van der Waals surface area contributed by atoms with Gasteiger partial charge >= 0.3 is 23.1 Å². The molecule has 0 nitrogen and oxygen atoms in total. The van der Waals surface area contributed by atoms with Crippen molar-refractivity contribution in [2.24, 2.45) is 0 Å². The van der Waals surface area contributed by atoms with Gasteiger partial charge in [0, 0.05) is 0 Å². The van der Waals surface area contributed by atoms with Crippen LogP contribution in [0.2, 0.25) is 0 Å². The van der Waals surface area contributed by atoms with E-state index < -0.39 is 0 Å². The van der Waals surface area contributed by atoms with Gasteiger partial charge in [-0.05, 0) is 12.8 Å². The SMILES string of the molecule is C1=CCC1.[Cl-].[Cl-].[Mg+2]. The van der Waals surface area contributed by atoms with E-state index in [9.17, 15) is 0 Å². The summed E-state index contributed by atoms with van der Waals surface area (Å²) in [4.78, 5) is 0. The number of hydrogen-bond donors (Lipinski definition) is 0. The molecular weight excluding hydrogens is 143 g/mol. The topological polar surface area (TPSA) is 0 Å². The first-order valence-electron chi connectivity index (χ1n) is 1.65. The Morgan fingerprint density at radius 1 is 0.857 bits per heavy atom. The fourth-order valence-electron chi connectivity index (χ4n) is 0.167. The van der Waals surface area contributed by atoms with Crippen molar-refractivity contribution in [1.29, 1.82) is 0 Å². The van der Waals surface area contributed by atoms with E-state index in [-0.39, 0.29) is 47.9 Å². The summed E-state index contributed by atoms with van der Waals surface area (Å²) in [6.07, 6.45) is 7.00. The molecule has 0 aliphatic heterocycles. The normalized spacial score (nSPS) is 11.4. The monoisotopic (exact) mass is 148 g/mol. The van der Waals surface area contributed by atoms with Crippen LogP contribution in [0.15, 0.2) is 12.2 Å². The van der Waals surface area contributed by atoms with Crippen molar-refractivity contribution >= 4 is 23.1 Å². The third-order valence-electron chi connectivity index (χ3n) is 0.667. The second kappa shape index (κ2) is 10.1. The molecule has 0 radical (unpaired) electrons. The third kappa shape index (κ3) is 7.09. The van der Waals surface area contributed by atoms with Gasteiger partial charge in [0.15, 0.2) is 0 Å². The molecular formula is C4H6Cl2Mg. The first kappa shape index (κ1) is 15.7. The van der Waals surface area contributed by atoms with Gasteiger partial charge in [-0.1, -0.05) is 12.2 Å². The van der Waals surface area contributed by atoms with Gasteiger partial charge in [0.2, 0.25) is 0 Å². The molecule has 1 aliphatic carbocycles. The summed E-state index contributed by atoms with van der Waals surface area (Å²) in [5, 5.41) is 0. The average Bonchev–Trinajstić information content (AvgIpc) is 0.722. The maximum absolute atomic E-state index is 2.18. The van der Waals surface area contributed by atoms with Gasteiger partial charge in [-0.3, -0.25) is 0 Å². The molecule has 0 unspecified atom stereocenters. The molecule has 38 valence electrons. The van der Waals surface area contributed by atoms with Crippen molar-refractivity contribution in [2.75, 3.05) is 0 Å². The number of rotatable bonds is 0. The molecule has 1 aliphatic rings. The molecule has 0 aromatic carbocycles. The largest absolute Gasteiger partial charge is 2.00 e. The Labute approximate surface area is 72.7 Å². The van der Waals surface area contributed by atoms with Crippen LogP contribution in [0.5, 0.6) is 0 Å². The van der Waals surface area contributed by atoms with E-state index in [1.54, 1.807) is 0 Å². The van der Waals surface area contributed by atoms with Gasteiger partial charge in [0.25, 0.3) is 0 Å². The molecule has 0 aromatic heterocycles. The van der Waals surface area contributed by atoms with Crippen LogP contribution in [-0.2, 0) is 0 Å². The Hall–Kier alpha value is 1.09. The minimum Gasteiger partial charge on any atom is -1.00 e. The summed E-state index contributed by atoms with van der Waals surface area (Å²) in [5.74, 6) is 0. The van der Waals surface area contributed by atoms with Crippen LogP contribution >= 0.6 is 0 Å². The van der Waals surface area contributed by atoms with Crippen molar-refractivity contribution in [1.82, 2.24) is 0 Å². The van der Waals surface area contributed by atoms with Gasteiger partial charge in [-0.15, -0.1) is 0 Å². The molecule has 0 saturated heterocycles. The Balaban J connectivity index is -0.0000000533. The first-order chi connectivity index (χ1) is 2.00. The van der Waals surface area contributed by atoms with Crippen LogP contribution in [0.1, 0.15) is 12.8 Å². The maximum atomic E-state index is 2.18. The Morgan fingerprint density at radius 3 is 1.00 bits per heavy atom. The third-order valence-corrected chi connectivity index (χ3v) is 0.667. The minimum atomic E-state index is 0. The number of allylic oxidation sites excluding steroid dienone is 2. The van der Waals surface area contributed by atoms with Crippen molar-refractivity contribution in [2.45, 2.75) is 12.8 Å². The van der Waals surface area contributed by atoms with E-state index in [4.69, 9.17) is 0 Å². The van der Waals surface area contributed by atoms with Gasteiger partial charge in [0.05, 0.1) is 0 Å². The molecule has 0 saturated carbocycles. The summed E-state index contributed by atoms with van der Waals surface area (Å²) in [5.41, 5.74) is 0. The second-order valence-electron chi connectivity index (χ2n) is 1.05. The van der Waals surface area contributed by atoms with E-state index in [0.717, 1.165) is 0 Å². The summed E-state index contributed by atoms with van der Waals surface area (Å²) in [6, 6.07) is 0. The van der Waals surface area contributed by atoms with Crippen molar-refractivity contribution in [3.8, 4) is 0 Å². The fourth-order valence-corrected chi connectivity index (χ4v) is 0.167. The van der Waals surface area contributed by atoms with Crippen LogP contribution in [0.3, 0.4) is 0 Å². The van der Waals surface area contributed by atoms with E-state index in [1.165, 1.54) is 12.8 Å². The van der Waals surface area contributed by atoms with Gasteiger partial charge in [-0.2, -0.15) is 0 Å². The van der Waals surface area contributed by atoms with Crippen LogP contribution in [0.25, 0.3) is 0 Å². The number of halogens is 2. The van der Waals surface area contributed by atoms with Gasteiger partial charge < -0.3 is 24.8 Å². The van der Waals surface area contributed by atoms with Gasteiger partial charge in [0.1, 0.15) is 0 Å². The summed E-state index contributed by atoms with van der Waals surface area (Å²) in [6.45, 7) is 0. The predicted molar refractivity (Wildman–Crippen MR) is 24.1 cm³/mol. The molecule has 1 rings (SSSR count). The summed E-state index contributed by atoms with van der Waals surface area (Å²) >= 11 is 0. The molecule has 0 amide bonds. The van der Waals surface area contributed by atoms with Crippen molar-refractivity contribution in [3.63, 3.8) is 0 Å². The van der Waals surface area contributed by atoms with E-state index >= 15 is 0 Å². The Morgan fingerprint density at radius 2 is 1.00 bits per heavy atom. The van der Waals surface area contributed by atoms with Gasteiger partial charge in [-0.25, -0.2) is 0 Å². The zero-order chi connectivity index (χ0) is 2.83. The zero-order valence-corrected chi connectivity index (χ0v) is 6.96. The predicted octanol–water partition coefficient (Wildman–Crippen LogP) is -5.04. The smallest absolute Gasteiger partial charge is 1.00 e. The van der Waals surface area contributed by atoms with E-state index in [2.05, 4.69) is 12.2 Å². The van der Waals surface area contributed by atoms with Crippen molar-refractivity contribution in [3.05, 3.63) is 12.2 Å². The van der Waals surface area contributed by atoms with Crippen molar-refractivity contribution < 1.29 is 24.8 Å². The molecule has 3 heteroatoms. The molecule has 0 N–H and O–H groups in total.